The van der Waals surface area contributed by atoms with Gasteiger partial charge in [0.2, 0.25) is 0 Å². The average molecular weight is 258 g/mol. The van der Waals surface area contributed by atoms with Crippen LogP contribution < -0.4 is 10.6 Å². The minimum atomic E-state index is -0.421. The Morgan fingerprint density at radius 1 is 1.21 bits per heavy atom. The van der Waals surface area contributed by atoms with Crippen molar-refractivity contribution in [2.75, 3.05) is 11.9 Å². The quantitative estimate of drug-likeness (QED) is 0.919. The lowest BCUT2D eigenvalue weighted by molar-refractivity contribution is 0.0992. The Labute approximate surface area is 111 Å². The van der Waals surface area contributed by atoms with Crippen LogP contribution in [0.5, 0.6) is 0 Å². The summed E-state index contributed by atoms with van der Waals surface area (Å²) in [6.07, 6.45) is 0. The molecule has 0 spiro atoms. The van der Waals surface area contributed by atoms with E-state index < -0.39 is 5.82 Å². The van der Waals surface area contributed by atoms with Gasteiger partial charge in [-0.15, -0.1) is 0 Å². The van der Waals surface area contributed by atoms with Crippen molar-refractivity contribution < 1.29 is 9.18 Å². The maximum absolute atomic E-state index is 13.1. The van der Waals surface area contributed by atoms with Crippen molar-refractivity contribution in [3.8, 4) is 0 Å². The third-order valence-corrected chi connectivity index (χ3v) is 2.91. The van der Waals surface area contributed by atoms with E-state index in [0.29, 0.717) is 12.1 Å². The van der Waals surface area contributed by atoms with Crippen molar-refractivity contribution in [3.05, 3.63) is 65.5 Å². The maximum Gasteiger partial charge on any atom is 0.258 e. The van der Waals surface area contributed by atoms with Gasteiger partial charge in [-0.1, -0.05) is 18.2 Å². The first kappa shape index (κ1) is 13.2. The van der Waals surface area contributed by atoms with Crippen LogP contribution in [0.15, 0.2) is 48.5 Å². The Kier molecular flexibility index (Phi) is 3.92. The Morgan fingerprint density at radius 3 is 2.63 bits per heavy atom. The van der Waals surface area contributed by atoms with Crippen molar-refractivity contribution in [1.29, 1.82) is 0 Å². The Morgan fingerprint density at radius 2 is 1.95 bits per heavy atom. The van der Waals surface area contributed by atoms with E-state index in [4.69, 9.17) is 5.73 Å². The number of halogens is 1. The van der Waals surface area contributed by atoms with E-state index in [2.05, 4.69) is 0 Å². The summed E-state index contributed by atoms with van der Waals surface area (Å²) in [5, 5.41) is 0. The highest BCUT2D eigenvalue weighted by molar-refractivity contribution is 6.05. The highest BCUT2D eigenvalue weighted by Gasteiger charge is 2.14. The largest absolute Gasteiger partial charge is 0.326 e. The molecule has 0 aromatic heterocycles. The third-order valence-electron chi connectivity index (χ3n) is 2.91. The number of benzene rings is 2. The van der Waals surface area contributed by atoms with Crippen LogP contribution in [0.2, 0.25) is 0 Å². The zero-order valence-corrected chi connectivity index (χ0v) is 10.6. The minimum absolute atomic E-state index is 0.256. The van der Waals surface area contributed by atoms with Gasteiger partial charge in [-0.3, -0.25) is 4.79 Å². The predicted molar refractivity (Wildman–Crippen MR) is 73.5 cm³/mol. The maximum atomic E-state index is 13.1. The number of hydrogen-bond acceptors (Lipinski definition) is 2. The molecule has 0 saturated heterocycles. The molecule has 1 amide bonds. The van der Waals surface area contributed by atoms with Crippen molar-refractivity contribution in [3.63, 3.8) is 0 Å². The average Bonchev–Trinajstić information content (AvgIpc) is 2.45. The first-order valence-electron chi connectivity index (χ1n) is 5.94. The number of nitrogens with two attached hydrogens (primary N) is 1. The second-order valence-corrected chi connectivity index (χ2v) is 4.25. The number of anilines is 1. The van der Waals surface area contributed by atoms with Crippen molar-refractivity contribution in [2.45, 2.75) is 6.54 Å². The fourth-order valence-electron chi connectivity index (χ4n) is 1.82. The topological polar surface area (TPSA) is 46.3 Å². The van der Waals surface area contributed by atoms with Crippen molar-refractivity contribution >= 4 is 11.6 Å². The smallest absolute Gasteiger partial charge is 0.258 e. The monoisotopic (exact) mass is 258 g/mol. The molecule has 2 aromatic carbocycles. The summed E-state index contributed by atoms with van der Waals surface area (Å²) in [4.78, 5) is 13.7. The number of rotatable bonds is 3. The van der Waals surface area contributed by atoms with Gasteiger partial charge in [0, 0.05) is 24.8 Å². The van der Waals surface area contributed by atoms with Crippen LogP contribution in [0.4, 0.5) is 10.1 Å². The summed E-state index contributed by atoms with van der Waals surface area (Å²) in [6.45, 7) is 0.413. The van der Waals surface area contributed by atoms with E-state index in [9.17, 15) is 9.18 Å². The van der Waals surface area contributed by atoms with Gasteiger partial charge in [-0.2, -0.15) is 0 Å². The normalized spacial score (nSPS) is 10.3. The lowest BCUT2D eigenvalue weighted by atomic mass is 10.1. The lowest BCUT2D eigenvalue weighted by Crippen LogP contribution is -2.26. The SMILES string of the molecule is CN(C(=O)c1cccc(F)c1)c1cccc(CN)c1. The third kappa shape index (κ3) is 2.98. The van der Waals surface area contributed by atoms with Crippen LogP contribution in [-0.4, -0.2) is 13.0 Å². The fraction of sp³-hybridized carbons (Fsp3) is 0.133. The van der Waals surface area contributed by atoms with Crippen LogP contribution in [0.1, 0.15) is 15.9 Å². The van der Waals surface area contributed by atoms with E-state index in [1.54, 1.807) is 13.1 Å². The summed E-state index contributed by atoms with van der Waals surface area (Å²) >= 11 is 0. The fourth-order valence-corrected chi connectivity index (χ4v) is 1.82. The van der Waals surface area contributed by atoms with E-state index in [-0.39, 0.29) is 5.91 Å². The molecule has 0 radical (unpaired) electrons. The molecule has 0 aliphatic rings. The number of carbonyl (C=O) groups is 1. The molecule has 19 heavy (non-hydrogen) atoms. The van der Waals surface area contributed by atoms with Crippen LogP contribution in [-0.2, 0) is 6.54 Å². The molecule has 0 fully saturated rings. The predicted octanol–water partition coefficient (Wildman–Crippen LogP) is 2.56. The number of amides is 1. The molecule has 2 rings (SSSR count). The highest BCUT2D eigenvalue weighted by atomic mass is 19.1. The molecule has 0 atom stereocenters. The molecule has 0 heterocycles. The van der Waals surface area contributed by atoms with Gasteiger partial charge in [-0.05, 0) is 35.9 Å². The summed E-state index contributed by atoms with van der Waals surface area (Å²) in [5.74, 6) is -0.677. The van der Waals surface area contributed by atoms with E-state index in [1.807, 2.05) is 24.3 Å². The summed E-state index contributed by atoms with van der Waals surface area (Å²) in [7, 11) is 1.66. The molecule has 0 bridgehead atoms. The highest BCUT2D eigenvalue weighted by Crippen LogP contribution is 2.17. The van der Waals surface area contributed by atoms with Crippen LogP contribution >= 0.6 is 0 Å². The van der Waals surface area contributed by atoms with Crippen LogP contribution in [0, 0.1) is 5.82 Å². The molecule has 2 N–H and O–H groups in total. The van der Waals surface area contributed by atoms with Crippen LogP contribution in [0.25, 0.3) is 0 Å². The van der Waals surface area contributed by atoms with E-state index in [1.165, 1.54) is 23.1 Å². The summed E-state index contributed by atoms with van der Waals surface area (Å²) in [6, 6.07) is 13.0. The number of nitrogens with zero attached hydrogens (tertiary/aromatic N) is 1. The number of hydrogen-bond donors (Lipinski definition) is 1. The molecule has 0 saturated carbocycles. The zero-order chi connectivity index (χ0) is 13.8. The first-order chi connectivity index (χ1) is 9.11. The molecule has 98 valence electrons. The van der Waals surface area contributed by atoms with E-state index in [0.717, 1.165) is 11.3 Å². The molecule has 4 heteroatoms. The second kappa shape index (κ2) is 5.63. The Bertz CT molecular complexity index is 598. The lowest BCUT2D eigenvalue weighted by Gasteiger charge is -2.18. The molecule has 0 aliphatic heterocycles. The minimum Gasteiger partial charge on any atom is -0.326 e. The van der Waals surface area contributed by atoms with Gasteiger partial charge in [0.05, 0.1) is 0 Å². The van der Waals surface area contributed by atoms with Gasteiger partial charge in [-0.25, -0.2) is 4.39 Å². The summed E-state index contributed by atoms with van der Waals surface area (Å²) in [5.41, 5.74) is 7.57. The van der Waals surface area contributed by atoms with Crippen LogP contribution in [0.3, 0.4) is 0 Å². The number of carbonyl (C=O) groups excluding carboxylic acids is 1. The molecule has 3 nitrogen and oxygen atoms in total. The van der Waals surface area contributed by atoms with Gasteiger partial charge in [0.1, 0.15) is 5.82 Å². The molecular formula is C15H15FN2O. The molecule has 0 unspecified atom stereocenters. The van der Waals surface area contributed by atoms with Gasteiger partial charge in [0.15, 0.2) is 0 Å². The van der Waals surface area contributed by atoms with Crippen molar-refractivity contribution in [1.82, 2.24) is 0 Å². The molecular weight excluding hydrogens is 243 g/mol. The second-order valence-electron chi connectivity index (χ2n) is 4.25. The Balaban J connectivity index is 2.28. The zero-order valence-electron chi connectivity index (χ0n) is 10.6. The Hall–Kier alpha value is -2.20. The van der Waals surface area contributed by atoms with E-state index >= 15 is 0 Å². The van der Waals surface area contributed by atoms with Crippen molar-refractivity contribution in [2.24, 2.45) is 5.73 Å². The van der Waals surface area contributed by atoms with Gasteiger partial charge in [0.25, 0.3) is 5.91 Å². The van der Waals surface area contributed by atoms with Gasteiger partial charge < -0.3 is 10.6 Å². The molecule has 0 aliphatic carbocycles. The standard InChI is InChI=1S/C15H15FN2O/c1-18(14-7-2-4-11(8-14)10-17)15(19)12-5-3-6-13(16)9-12/h2-9H,10,17H2,1H3. The summed E-state index contributed by atoms with van der Waals surface area (Å²) < 4.78 is 13.1. The first-order valence-corrected chi connectivity index (χ1v) is 5.94. The molecule has 2 aromatic rings. The van der Waals surface area contributed by atoms with Gasteiger partial charge >= 0.3 is 0 Å².